The fraction of sp³-hybridized carbons (Fsp3) is 0.217. The summed E-state index contributed by atoms with van der Waals surface area (Å²) in [6, 6.07) is 15.6. The Hall–Kier alpha value is -3.38. The van der Waals surface area contributed by atoms with E-state index in [9.17, 15) is 9.59 Å². The molecule has 3 rings (SSSR count). The van der Waals surface area contributed by atoms with Crippen LogP contribution in [0.1, 0.15) is 29.5 Å². The highest BCUT2D eigenvalue weighted by Crippen LogP contribution is 2.25. The molecule has 0 unspecified atom stereocenters. The summed E-state index contributed by atoms with van der Waals surface area (Å²) < 4.78 is 0. The van der Waals surface area contributed by atoms with E-state index in [1.54, 1.807) is 11.6 Å². The largest absolute Gasteiger partial charge is 0.378 e. The summed E-state index contributed by atoms with van der Waals surface area (Å²) in [5.41, 5.74) is 5.79. The van der Waals surface area contributed by atoms with Crippen LogP contribution >= 0.6 is 0 Å². The van der Waals surface area contributed by atoms with Gasteiger partial charge in [0.25, 0.3) is 11.8 Å². The number of nitrogens with zero attached hydrogens (tertiary/aromatic N) is 1. The summed E-state index contributed by atoms with van der Waals surface area (Å²) >= 11 is 0. The van der Waals surface area contributed by atoms with Crippen LogP contribution in [0.2, 0.25) is 0 Å². The van der Waals surface area contributed by atoms with Gasteiger partial charge in [-0.1, -0.05) is 36.4 Å². The maximum atomic E-state index is 12.8. The van der Waals surface area contributed by atoms with Gasteiger partial charge < -0.3 is 10.2 Å². The second-order valence-corrected chi connectivity index (χ2v) is 7.22. The number of hydroxylamine groups is 1. The minimum atomic E-state index is -0.589. The fourth-order valence-electron chi connectivity index (χ4n) is 2.79. The molecule has 3 N–H and O–H groups in total. The number of carbonyl (C=O) groups is 2. The van der Waals surface area contributed by atoms with Crippen molar-refractivity contribution in [2.75, 3.05) is 19.0 Å². The van der Waals surface area contributed by atoms with Gasteiger partial charge >= 0.3 is 0 Å². The first-order chi connectivity index (χ1) is 14.0. The van der Waals surface area contributed by atoms with Gasteiger partial charge in [-0.3, -0.25) is 14.8 Å². The molecule has 0 radical (unpaired) electrons. The molecule has 29 heavy (non-hydrogen) atoms. The van der Waals surface area contributed by atoms with Gasteiger partial charge in [0, 0.05) is 37.5 Å². The molecule has 150 valence electrons. The van der Waals surface area contributed by atoms with Crippen molar-refractivity contribution in [2.24, 2.45) is 0 Å². The Morgan fingerprint density at radius 2 is 1.62 bits per heavy atom. The Balaban J connectivity index is 1.86. The van der Waals surface area contributed by atoms with E-state index in [0.717, 1.165) is 35.2 Å². The number of hydrogen-bond donors (Lipinski definition) is 3. The number of nitrogens with one attached hydrogen (secondary N) is 2. The third-order valence-electron chi connectivity index (χ3n) is 4.64. The molecule has 2 amide bonds. The molecule has 1 aliphatic carbocycles. The predicted molar refractivity (Wildman–Crippen MR) is 115 cm³/mol. The van der Waals surface area contributed by atoms with Gasteiger partial charge in [-0.15, -0.1) is 0 Å². The van der Waals surface area contributed by atoms with Crippen LogP contribution in [0, 0.1) is 0 Å². The molecule has 0 aromatic heterocycles. The van der Waals surface area contributed by atoms with Gasteiger partial charge in [0.05, 0.1) is 0 Å². The normalized spacial score (nSPS) is 14.0. The summed E-state index contributed by atoms with van der Waals surface area (Å²) in [5.74, 6) is -0.664. The molecule has 0 spiro atoms. The van der Waals surface area contributed by atoms with E-state index in [4.69, 9.17) is 5.21 Å². The zero-order valence-electron chi connectivity index (χ0n) is 16.6. The Morgan fingerprint density at radius 3 is 2.17 bits per heavy atom. The molecule has 1 saturated carbocycles. The van der Waals surface area contributed by atoms with Crippen molar-refractivity contribution < 1.29 is 14.8 Å². The highest BCUT2D eigenvalue weighted by atomic mass is 16.5. The van der Waals surface area contributed by atoms with Crippen molar-refractivity contribution in [3.8, 4) is 0 Å². The van der Waals surface area contributed by atoms with Gasteiger partial charge in [-0.05, 0) is 53.8 Å². The molecule has 2 aromatic carbocycles. The maximum Gasteiger partial charge on any atom is 0.267 e. The molecule has 0 heterocycles. The van der Waals surface area contributed by atoms with Crippen LogP contribution in [0.15, 0.2) is 54.6 Å². The Kier molecular flexibility index (Phi) is 6.46. The monoisotopic (exact) mass is 391 g/mol. The molecule has 0 bridgehead atoms. The van der Waals surface area contributed by atoms with E-state index >= 15 is 0 Å². The third-order valence-corrected chi connectivity index (χ3v) is 4.64. The Labute approximate surface area is 170 Å². The minimum absolute atomic E-state index is 0.0753. The number of anilines is 1. The lowest BCUT2D eigenvalue weighted by molar-refractivity contribution is -0.124. The van der Waals surface area contributed by atoms with E-state index in [2.05, 4.69) is 5.32 Å². The number of benzene rings is 2. The molecule has 0 saturated heterocycles. The van der Waals surface area contributed by atoms with E-state index < -0.39 is 5.91 Å². The van der Waals surface area contributed by atoms with Crippen LogP contribution in [0.3, 0.4) is 0 Å². The average Bonchev–Trinajstić information content (AvgIpc) is 3.55. The molecule has 0 aliphatic heterocycles. The van der Waals surface area contributed by atoms with Crippen LogP contribution in [0.4, 0.5) is 5.69 Å². The van der Waals surface area contributed by atoms with E-state index in [0.29, 0.717) is 5.57 Å². The quantitative estimate of drug-likeness (QED) is 0.293. The standard InChI is InChI=1S/C23H25N3O3/c1-26(2)20-12-8-18(9-13-20)21(23(28)24-19-10-11-19)15-17-5-3-16(4-6-17)7-14-22(27)25-29/h3-9,12-15,19,29H,10-11H2,1-2H3,(H,24,28)(H,25,27)/b14-7+,21-15+. The number of rotatable bonds is 7. The summed E-state index contributed by atoms with van der Waals surface area (Å²) in [7, 11) is 3.96. The highest BCUT2D eigenvalue weighted by Gasteiger charge is 2.25. The van der Waals surface area contributed by atoms with Gasteiger partial charge in [0.15, 0.2) is 0 Å². The average molecular weight is 391 g/mol. The molecule has 1 fully saturated rings. The van der Waals surface area contributed by atoms with Crippen LogP contribution in [-0.4, -0.2) is 37.2 Å². The second-order valence-electron chi connectivity index (χ2n) is 7.22. The number of carbonyl (C=O) groups excluding carboxylic acids is 2. The van der Waals surface area contributed by atoms with Crippen molar-refractivity contribution in [3.05, 3.63) is 71.3 Å². The molecule has 2 aromatic rings. The van der Waals surface area contributed by atoms with Gasteiger partial charge in [0.2, 0.25) is 0 Å². The van der Waals surface area contributed by atoms with Gasteiger partial charge in [-0.25, -0.2) is 5.48 Å². The topological polar surface area (TPSA) is 81.7 Å². The predicted octanol–water partition coefficient (Wildman–Crippen LogP) is 3.09. The third kappa shape index (κ3) is 5.80. The first-order valence-corrected chi connectivity index (χ1v) is 9.49. The molecular formula is C23H25N3O3. The zero-order valence-corrected chi connectivity index (χ0v) is 16.6. The number of hydrogen-bond acceptors (Lipinski definition) is 4. The second kappa shape index (κ2) is 9.21. The zero-order chi connectivity index (χ0) is 20.8. The molecule has 0 atom stereocenters. The minimum Gasteiger partial charge on any atom is -0.378 e. The summed E-state index contributed by atoms with van der Waals surface area (Å²) in [6.45, 7) is 0. The lowest BCUT2D eigenvalue weighted by Crippen LogP contribution is -2.26. The Morgan fingerprint density at radius 1 is 1.00 bits per heavy atom. The van der Waals surface area contributed by atoms with Crippen molar-refractivity contribution in [2.45, 2.75) is 18.9 Å². The van der Waals surface area contributed by atoms with Crippen LogP contribution in [-0.2, 0) is 9.59 Å². The summed E-state index contributed by atoms with van der Waals surface area (Å²) in [4.78, 5) is 25.9. The first kappa shape index (κ1) is 20.4. The lowest BCUT2D eigenvalue weighted by atomic mass is 10.0. The summed E-state index contributed by atoms with van der Waals surface area (Å²) in [5, 5.41) is 11.6. The molecule has 1 aliphatic rings. The van der Waals surface area contributed by atoms with Crippen molar-refractivity contribution >= 4 is 35.2 Å². The number of amides is 2. The van der Waals surface area contributed by atoms with Crippen LogP contribution < -0.4 is 15.7 Å². The summed E-state index contributed by atoms with van der Waals surface area (Å²) in [6.07, 6.45) is 6.77. The van der Waals surface area contributed by atoms with Gasteiger partial charge in [0.1, 0.15) is 0 Å². The Bertz CT molecular complexity index is 925. The van der Waals surface area contributed by atoms with E-state index in [-0.39, 0.29) is 11.9 Å². The van der Waals surface area contributed by atoms with E-state index in [1.165, 1.54) is 6.08 Å². The van der Waals surface area contributed by atoms with Gasteiger partial charge in [-0.2, -0.15) is 0 Å². The smallest absolute Gasteiger partial charge is 0.267 e. The van der Waals surface area contributed by atoms with Crippen LogP contribution in [0.25, 0.3) is 17.7 Å². The van der Waals surface area contributed by atoms with Crippen LogP contribution in [0.5, 0.6) is 0 Å². The highest BCUT2D eigenvalue weighted by molar-refractivity contribution is 6.24. The fourth-order valence-corrected chi connectivity index (χ4v) is 2.79. The molecule has 6 nitrogen and oxygen atoms in total. The molecular weight excluding hydrogens is 366 g/mol. The SMILES string of the molecule is CN(C)c1ccc(/C(=C\c2ccc(/C=C/C(=O)NO)cc2)C(=O)NC2CC2)cc1. The van der Waals surface area contributed by atoms with E-state index in [1.807, 2.05) is 73.6 Å². The van der Waals surface area contributed by atoms with Crippen molar-refractivity contribution in [1.82, 2.24) is 10.8 Å². The molecule has 6 heteroatoms. The lowest BCUT2D eigenvalue weighted by Gasteiger charge is -2.14. The first-order valence-electron chi connectivity index (χ1n) is 9.49. The van der Waals surface area contributed by atoms with Crippen molar-refractivity contribution in [1.29, 1.82) is 0 Å². The van der Waals surface area contributed by atoms with Crippen molar-refractivity contribution in [3.63, 3.8) is 0 Å². The maximum absolute atomic E-state index is 12.8.